The highest BCUT2D eigenvalue weighted by Crippen LogP contribution is 2.50. The number of aliphatic hydroxyl groups is 2. The molecule has 0 bridgehead atoms. The summed E-state index contributed by atoms with van der Waals surface area (Å²) < 4.78 is 29.7. The van der Waals surface area contributed by atoms with Gasteiger partial charge in [-0.15, -0.1) is 0 Å². The number of carbonyl (C=O) groups excluding carboxylic acids is 2. The van der Waals surface area contributed by atoms with E-state index in [2.05, 4.69) is 13.8 Å². The Morgan fingerprint density at radius 1 is 0.633 bits per heavy atom. The molecule has 0 spiro atoms. The molecule has 3 N–H and O–H groups in total. The van der Waals surface area contributed by atoms with Crippen LogP contribution in [-0.2, 0) is 28.2 Å². The fourth-order valence-corrected chi connectivity index (χ4v) is 7.32. The van der Waals surface area contributed by atoms with E-state index in [0.717, 1.165) is 38.5 Å². The highest BCUT2D eigenvalue weighted by Gasteiger charge is 2.42. The number of esters is 2. The second-order valence-electron chi connectivity index (χ2n) is 14.6. The summed E-state index contributed by atoms with van der Waals surface area (Å²) in [5, 5.41) is 18.5. The Morgan fingerprint density at radius 3 is 1.43 bits per heavy atom. The molecular weight excluding hydrogens is 645 g/mol. The summed E-state index contributed by atoms with van der Waals surface area (Å²) in [4.78, 5) is 36.0. The maximum Gasteiger partial charge on any atom is 0.384 e. The summed E-state index contributed by atoms with van der Waals surface area (Å²) in [5.74, 6) is -1.72. The lowest BCUT2D eigenvalue weighted by atomic mass is 10.1. The molecule has 0 aliphatic heterocycles. The van der Waals surface area contributed by atoms with E-state index in [0.29, 0.717) is 6.42 Å². The maximum atomic E-state index is 13.2. The van der Waals surface area contributed by atoms with Gasteiger partial charge in [0.15, 0.2) is 18.2 Å². The largest absolute Gasteiger partial charge is 0.462 e. The van der Waals surface area contributed by atoms with Crippen LogP contribution in [0.2, 0.25) is 0 Å². The van der Waals surface area contributed by atoms with Gasteiger partial charge in [-0.3, -0.25) is 14.2 Å². The van der Waals surface area contributed by atoms with Gasteiger partial charge in [0.1, 0.15) is 6.61 Å². The van der Waals surface area contributed by atoms with Crippen LogP contribution in [0.4, 0.5) is 0 Å². The minimum absolute atomic E-state index is 0.0165. The van der Waals surface area contributed by atoms with Crippen LogP contribution in [0.15, 0.2) is 0 Å². The van der Waals surface area contributed by atoms with Crippen LogP contribution in [0.25, 0.3) is 0 Å². The van der Waals surface area contributed by atoms with Crippen molar-refractivity contribution >= 4 is 19.5 Å². The molecule has 3 atom stereocenters. The average Bonchev–Trinajstić information content (AvgIpc) is 3.06. The molecule has 0 aliphatic rings. The number of rotatable bonds is 35. The summed E-state index contributed by atoms with van der Waals surface area (Å²) in [6, 6.07) is 0. The maximum absolute atomic E-state index is 13.2. The average molecular weight is 723 g/mol. The SMILES string of the molecule is CCCCCCCCCCCCCC(=O)OC[C@H](COP(=O)(O)C(C)[N+](C)(C)CCC(O)O)OC(=O)CCCCCCCCCCCCC. The minimum Gasteiger partial charge on any atom is -0.462 e. The van der Waals surface area contributed by atoms with Gasteiger partial charge in [-0.2, -0.15) is 0 Å². The van der Waals surface area contributed by atoms with Crippen molar-refractivity contribution in [1.29, 1.82) is 0 Å². The third kappa shape index (κ3) is 28.3. The van der Waals surface area contributed by atoms with E-state index in [1.807, 2.05) is 0 Å². The van der Waals surface area contributed by atoms with Gasteiger partial charge in [0.25, 0.3) is 0 Å². The lowest BCUT2D eigenvalue weighted by Gasteiger charge is -2.37. The Labute approximate surface area is 300 Å². The van der Waals surface area contributed by atoms with Crippen LogP contribution < -0.4 is 0 Å². The first-order valence-corrected chi connectivity index (χ1v) is 21.5. The minimum atomic E-state index is -4.22. The highest BCUT2D eigenvalue weighted by molar-refractivity contribution is 7.53. The normalized spacial score (nSPS) is 14.5. The van der Waals surface area contributed by atoms with E-state index in [1.165, 1.54) is 96.3 Å². The van der Waals surface area contributed by atoms with Crippen molar-refractivity contribution in [1.82, 2.24) is 0 Å². The Hall–Kier alpha value is -1.03. The number of aliphatic hydroxyl groups excluding tert-OH is 1. The zero-order valence-electron chi connectivity index (χ0n) is 32.2. The van der Waals surface area contributed by atoms with Gasteiger partial charge in [0.05, 0.1) is 27.2 Å². The Bertz CT molecular complexity index is 855. The summed E-state index contributed by atoms with van der Waals surface area (Å²) in [6.07, 6.45) is 23.8. The van der Waals surface area contributed by atoms with Gasteiger partial charge < -0.3 is 33.6 Å². The van der Waals surface area contributed by atoms with E-state index >= 15 is 0 Å². The first kappa shape index (κ1) is 48.0. The predicted molar refractivity (Wildman–Crippen MR) is 198 cm³/mol. The molecule has 0 saturated carbocycles. The summed E-state index contributed by atoms with van der Waals surface area (Å²) >= 11 is 0. The Balaban J connectivity index is 4.73. The van der Waals surface area contributed by atoms with E-state index in [4.69, 9.17) is 14.0 Å². The quantitative estimate of drug-likeness (QED) is 0.0192. The number of quaternary nitrogens is 1. The smallest absolute Gasteiger partial charge is 0.384 e. The van der Waals surface area contributed by atoms with Crippen molar-refractivity contribution in [3.8, 4) is 0 Å². The molecule has 2 unspecified atom stereocenters. The van der Waals surface area contributed by atoms with Gasteiger partial charge in [0.2, 0.25) is 0 Å². The van der Waals surface area contributed by atoms with Crippen LogP contribution >= 0.6 is 7.60 Å². The standard InChI is InChI=1S/C38H76NO9P/c1-6-8-10-12-14-16-18-20-22-24-26-28-37(42)46-32-35(33-47-49(44,45)34(3)39(4,5)31-30-36(40)41)48-38(43)29-27-25-23-21-19-17-15-13-11-9-7-2/h34-36,40-41H,6-33H2,1-5H3/p+1/t34?,35-/m1/s1. The molecule has 292 valence electrons. The molecular formula is C38H77NO9P+. The second kappa shape index (κ2) is 30.6. The molecule has 0 rings (SSSR count). The van der Waals surface area contributed by atoms with Crippen molar-refractivity contribution in [2.24, 2.45) is 0 Å². The number of hydrogen-bond acceptors (Lipinski definition) is 8. The molecule has 0 radical (unpaired) electrons. The van der Waals surface area contributed by atoms with E-state index in [9.17, 15) is 29.3 Å². The summed E-state index contributed by atoms with van der Waals surface area (Å²) in [5.41, 5.74) is 0. The third-order valence-corrected chi connectivity index (χ3v) is 11.7. The first-order chi connectivity index (χ1) is 23.4. The summed E-state index contributed by atoms with van der Waals surface area (Å²) in [7, 11) is -0.803. The van der Waals surface area contributed by atoms with Gasteiger partial charge >= 0.3 is 19.5 Å². The van der Waals surface area contributed by atoms with Gasteiger partial charge in [-0.1, -0.05) is 142 Å². The van der Waals surface area contributed by atoms with Gasteiger partial charge in [-0.05, 0) is 19.8 Å². The molecule has 0 aliphatic carbocycles. The number of ether oxygens (including phenoxy) is 2. The molecule has 11 heteroatoms. The first-order valence-electron chi connectivity index (χ1n) is 19.9. The zero-order chi connectivity index (χ0) is 36.8. The molecule has 49 heavy (non-hydrogen) atoms. The molecule has 0 aromatic heterocycles. The van der Waals surface area contributed by atoms with Crippen LogP contribution in [0, 0.1) is 0 Å². The molecule has 0 aromatic carbocycles. The number of nitrogens with zero attached hydrogens (tertiary/aromatic N) is 1. The number of unbranched alkanes of at least 4 members (excludes halogenated alkanes) is 20. The van der Waals surface area contributed by atoms with Crippen LogP contribution in [0.1, 0.15) is 181 Å². The molecule has 0 amide bonds. The van der Waals surface area contributed by atoms with E-state index in [1.54, 1.807) is 21.0 Å². The fourth-order valence-electron chi connectivity index (χ4n) is 5.81. The number of carbonyl (C=O) groups is 2. The topological polar surface area (TPSA) is 140 Å². The lowest BCUT2D eigenvalue weighted by Crippen LogP contribution is -2.49. The number of hydrogen-bond donors (Lipinski definition) is 3. The summed E-state index contributed by atoms with van der Waals surface area (Å²) in [6.45, 7) is 5.62. The van der Waals surface area contributed by atoms with Crippen LogP contribution in [-0.4, -0.2) is 83.6 Å². The highest BCUT2D eigenvalue weighted by atomic mass is 31.2. The lowest BCUT2D eigenvalue weighted by molar-refractivity contribution is -0.901. The van der Waals surface area contributed by atoms with Crippen LogP contribution in [0.5, 0.6) is 0 Å². The van der Waals surface area contributed by atoms with E-state index < -0.39 is 38.3 Å². The van der Waals surface area contributed by atoms with Gasteiger partial charge in [-0.25, -0.2) is 0 Å². The molecule has 0 heterocycles. The molecule has 0 saturated heterocycles. The van der Waals surface area contributed by atoms with Crippen molar-refractivity contribution in [3.05, 3.63) is 0 Å². The second-order valence-corrected chi connectivity index (χ2v) is 16.8. The third-order valence-electron chi connectivity index (χ3n) is 9.59. The molecule has 0 aromatic rings. The fraction of sp³-hybridized carbons (Fsp3) is 0.947. The van der Waals surface area contributed by atoms with Crippen molar-refractivity contribution < 1.29 is 47.7 Å². The zero-order valence-corrected chi connectivity index (χ0v) is 33.1. The Morgan fingerprint density at radius 2 is 1.02 bits per heavy atom. The van der Waals surface area contributed by atoms with E-state index in [-0.39, 0.29) is 42.9 Å². The Kier molecular flexibility index (Phi) is 29.9. The van der Waals surface area contributed by atoms with Gasteiger partial charge in [0, 0.05) is 19.3 Å². The van der Waals surface area contributed by atoms with Crippen molar-refractivity contribution in [2.45, 2.75) is 199 Å². The molecule has 0 fully saturated rings. The van der Waals surface area contributed by atoms with Crippen molar-refractivity contribution in [2.75, 3.05) is 33.9 Å². The molecule has 10 nitrogen and oxygen atoms in total. The monoisotopic (exact) mass is 723 g/mol. The van der Waals surface area contributed by atoms with Crippen LogP contribution in [0.3, 0.4) is 0 Å². The predicted octanol–water partition coefficient (Wildman–Crippen LogP) is 9.17. The van der Waals surface area contributed by atoms with Crippen molar-refractivity contribution in [3.63, 3.8) is 0 Å².